The van der Waals surface area contributed by atoms with Gasteiger partial charge in [-0.15, -0.1) is 0 Å². The lowest BCUT2D eigenvalue weighted by atomic mass is 10.4. The molecule has 0 aliphatic carbocycles. The Morgan fingerprint density at radius 1 is 1.19 bits per heavy atom. The van der Waals surface area contributed by atoms with Gasteiger partial charge in [-0.1, -0.05) is 0 Å². The fraction of sp³-hybridized carbons (Fsp3) is 0. The molecule has 0 saturated heterocycles. The lowest BCUT2D eigenvalue weighted by molar-refractivity contribution is 0.0689. The quantitative estimate of drug-likeness (QED) is 0.306. The van der Waals surface area contributed by atoms with Gasteiger partial charge in [-0.2, -0.15) is 0 Å². The summed E-state index contributed by atoms with van der Waals surface area (Å²) in [5, 5.41) is 8.31. The van der Waals surface area contributed by atoms with E-state index in [0.717, 1.165) is 6.07 Å². The molecule has 6 N–H and O–H groups in total. The van der Waals surface area contributed by atoms with E-state index in [1.807, 2.05) is 9.97 Å². The molecule has 90 valence electrons. The minimum atomic E-state index is -4.64. The van der Waals surface area contributed by atoms with E-state index in [1.165, 1.54) is 0 Å². The molecule has 10 nitrogen and oxygen atoms in total. The van der Waals surface area contributed by atoms with Gasteiger partial charge in [-0.3, -0.25) is 9.78 Å². The number of rotatable bonds is 1. The number of nitrogens with one attached hydrogen (secondary N) is 2. The molecule has 11 heteroatoms. The molecule has 1 aromatic heterocycles. The predicted molar refractivity (Wildman–Crippen MR) is 48.9 cm³/mol. The van der Waals surface area contributed by atoms with Crippen LogP contribution in [0.2, 0.25) is 0 Å². The number of aromatic amines is 2. The number of carboxylic acids is 1. The van der Waals surface area contributed by atoms with Gasteiger partial charge in [0.05, 0.1) is 0 Å². The highest BCUT2D eigenvalue weighted by Crippen LogP contribution is 2.25. The Hall–Kier alpha value is -1.74. The van der Waals surface area contributed by atoms with Gasteiger partial charge in [0.25, 0.3) is 5.56 Å². The van der Waals surface area contributed by atoms with Crippen molar-refractivity contribution in [2.75, 3.05) is 0 Å². The normalized spacial score (nSPS) is 10.2. The third-order valence-electron chi connectivity index (χ3n) is 0.991. The summed E-state index contributed by atoms with van der Waals surface area (Å²) in [5.74, 6) is -1.34. The smallest absolute Gasteiger partial charge is 0.466 e. The van der Waals surface area contributed by atoms with Crippen molar-refractivity contribution in [1.29, 1.82) is 0 Å². The summed E-state index contributed by atoms with van der Waals surface area (Å²) in [4.78, 5) is 56.4. The van der Waals surface area contributed by atoms with Crippen molar-refractivity contribution >= 4 is 13.8 Å². The van der Waals surface area contributed by atoms with Crippen LogP contribution in [0.4, 0.5) is 0 Å². The molecule has 0 fully saturated rings. The van der Waals surface area contributed by atoms with Crippen LogP contribution in [0.15, 0.2) is 15.7 Å². The van der Waals surface area contributed by atoms with Crippen molar-refractivity contribution < 1.29 is 29.1 Å². The van der Waals surface area contributed by atoms with Crippen LogP contribution in [-0.4, -0.2) is 35.7 Å². The van der Waals surface area contributed by atoms with E-state index in [9.17, 15) is 14.4 Å². The summed E-state index contributed by atoms with van der Waals surface area (Å²) in [6, 6.07) is 0.795. The van der Waals surface area contributed by atoms with Crippen molar-refractivity contribution in [3.05, 3.63) is 32.6 Å². The predicted octanol–water partition coefficient (Wildman–Crippen LogP) is -2.17. The van der Waals surface area contributed by atoms with Gasteiger partial charge in [-0.25, -0.2) is 14.2 Å². The third-order valence-corrected chi connectivity index (χ3v) is 0.991. The number of aromatic nitrogens is 2. The van der Waals surface area contributed by atoms with E-state index < -0.39 is 30.7 Å². The van der Waals surface area contributed by atoms with Gasteiger partial charge in [0.1, 0.15) is 5.69 Å². The van der Waals surface area contributed by atoms with Crippen molar-refractivity contribution in [2.45, 2.75) is 0 Å². The first-order chi connectivity index (χ1) is 7.09. The minimum absolute atomic E-state index is 0.418. The molecule has 0 aliphatic heterocycles. The van der Waals surface area contributed by atoms with E-state index >= 15 is 0 Å². The van der Waals surface area contributed by atoms with Crippen LogP contribution in [0.25, 0.3) is 0 Å². The fourth-order valence-electron chi connectivity index (χ4n) is 0.584. The fourth-order valence-corrected chi connectivity index (χ4v) is 0.584. The zero-order chi connectivity index (χ0) is 12.9. The standard InChI is InChI=1S/C5H4N2O4.H3O4P/c8-3-1-2(4(9)10)6-5(11)7-3;1-5(2,3)4/h1H,(H,9,10)(H2,6,7,8,11);(H3,1,2,3,4). The minimum Gasteiger partial charge on any atom is -0.477 e. The van der Waals surface area contributed by atoms with E-state index in [2.05, 4.69) is 0 Å². The summed E-state index contributed by atoms with van der Waals surface area (Å²) in [6.07, 6.45) is 0. The Balaban J connectivity index is 0.000000385. The van der Waals surface area contributed by atoms with E-state index in [-0.39, 0.29) is 0 Å². The molecule has 0 spiro atoms. The molecular formula is C5H7N2O8P. The van der Waals surface area contributed by atoms with Gasteiger partial charge < -0.3 is 24.8 Å². The topological polar surface area (TPSA) is 181 Å². The Morgan fingerprint density at radius 3 is 1.94 bits per heavy atom. The van der Waals surface area contributed by atoms with Crippen LogP contribution in [0, 0.1) is 0 Å². The van der Waals surface area contributed by atoms with Crippen LogP contribution < -0.4 is 11.2 Å². The van der Waals surface area contributed by atoms with Crippen LogP contribution in [0.5, 0.6) is 0 Å². The highest BCUT2D eigenvalue weighted by Gasteiger charge is 2.03. The van der Waals surface area contributed by atoms with Crippen LogP contribution in [0.3, 0.4) is 0 Å². The van der Waals surface area contributed by atoms with Gasteiger partial charge in [-0.05, 0) is 0 Å². The second-order valence-corrected chi connectivity index (χ2v) is 3.35. The third kappa shape index (κ3) is 7.64. The highest BCUT2D eigenvalue weighted by atomic mass is 31.2. The highest BCUT2D eigenvalue weighted by molar-refractivity contribution is 7.45. The van der Waals surface area contributed by atoms with Crippen molar-refractivity contribution in [2.24, 2.45) is 0 Å². The summed E-state index contributed by atoms with van der Waals surface area (Å²) in [6.45, 7) is 0. The molecule has 0 aromatic carbocycles. The SMILES string of the molecule is O=C(O)c1cc(=O)[nH]c(=O)[nH]1.O=P(O)(O)O. The average Bonchev–Trinajstić information content (AvgIpc) is 1.98. The molecule has 0 bridgehead atoms. The first kappa shape index (κ1) is 14.3. The van der Waals surface area contributed by atoms with Crippen LogP contribution in [0.1, 0.15) is 10.5 Å². The summed E-state index contributed by atoms with van der Waals surface area (Å²) < 4.78 is 8.88. The molecule has 16 heavy (non-hydrogen) atoms. The number of hydrogen-bond acceptors (Lipinski definition) is 4. The molecule has 0 unspecified atom stereocenters. The Morgan fingerprint density at radius 2 is 1.62 bits per heavy atom. The molecule has 1 aromatic rings. The molecular weight excluding hydrogens is 247 g/mol. The zero-order valence-corrected chi connectivity index (χ0v) is 8.34. The number of carbonyl (C=O) groups is 1. The Labute approximate surface area is 86.5 Å². The average molecular weight is 254 g/mol. The second-order valence-electron chi connectivity index (χ2n) is 2.32. The second kappa shape index (κ2) is 5.37. The maximum absolute atomic E-state index is 10.5. The van der Waals surface area contributed by atoms with E-state index in [1.54, 1.807) is 0 Å². The maximum atomic E-state index is 10.5. The summed E-state index contributed by atoms with van der Waals surface area (Å²) in [7, 11) is -4.64. The molecule has 1 rings (SSSR count). The molecule has 0 aliphatic rings. The van der Waals surface area contributed by atoms with E-state index in [4.69, 9.17) is 24.4 Å². The van der Waals surface area contributed by atoms with Gasteiger partial charge >= 0.3 is 19.5 Å². The first-order valence-electron chi connectivity index (χ1n) is 3.45. The van der Waals surface area contributed by atoms with Gasteiger partial charge in [0.2, 0.25) is 0 Å². The number of hydrogen-bond donors (Lipinski definition) is 6. The molecule has 0 saturated carbocycles. The number of aromatic carboxylic acids is 1. The molecule has 0 radical (unpaired) electrons. The number of carboxylic acid groups (broad SMARTS) is 1. The molecule has 0 atom stereocenters. The largest absolute Gasteiger partial charge is 0.477 e. The van der Waals surface area contributed by atoms with Gasteiger partial charge in [0, 0.05) is 6.07 Å². The van der Waals surface area contributed by atoms with E-state index in [0.29, 0.717) is 0 Å². The van der Waals surface area contributed by atoms with Gasteiger partial charge in [0.15, 0.2) is 0 Å². The van der Waals surface area contributed by atoms with Crippen molar-refractivity contribution in [3.8, 4) is 0 Å². The zero-order valence-electron chi connectivity index (χ0n) is 7.45. The van der Waals surface area contributed by atoms with Crippen LogP contribution in [-0.2, 0) is 4.57 Å². The summed E-state index contributed by atoms with van der Waals surface area (Å²) in [5.41, 5.74) is -1.97. The first-order valence-corrected chi connectivity index (χ1v) is 5.01. The monoisotopic (exact) mass is 254 g/mol. The lowest BCUT2D eigenvalue weighted by Gasteiger charge is -1.89. The van der Waals surface area contributed by atoms with Crippen LogP contribution >= 0.6 is 7.82 Å². The molecule has 0 amide bonds. The number of phosphoric acid groups is 1. The maximum Gasteiger partial charge on any atom is 0.466 e. The molecule has 1 heterocycles. The summed E-state index contributed by atoms with van der Waals surface area (Å²) >= 11 is 0. The Bertz CT molecular complexity index is 487. The van der Waals surface area contributed by atoms with Crippen molar-refractivity contribution in [3.63, 3.8) is 0 Å². The van der Waals surface area contributed by atoms with Crippen molar-refractivity contribution in [1.82, 2.24) is 9.97 Å². The number of H-pyrrole nitrogens is 2. The lowest BCUT2D eigenvalue weighted by Crippen LogP contribution is -2.24. The Kier molecular flexibility index (Phi) is 4.79.